The molecule has 5 heteroatoms. The molecule has 15 rings (SSSR count). The van der Waals surface area contributed by atoms with Crippen LogP contribution in [0.2, 0.25) is 0 Å². The predicted molar refractivity (Wildman–Crippen MR) is 321 cm³/mol. The standard InChI is InChI=1S/C72H47N3O2/c1-5-19-48(20-6-1)50-33-37-55(38-34-50)73(56-39-35-51(36-40-56)49-21-7-2-8-22-49)58-43-52(44-59(45-58)74(53-23-9-3-10-24-53)57-41-42-62-61-28-14-17-31-67(61)76-69(62)46-57)64-47-65-60-27-13-16-30-66(60)75(54-25-11-4-12-26-54)71(65)70-63-29-15-18-32-68(63)77-72(64)70/h1-47H. The van der Waals surface area contributed by atoms with Crippen LogP contribution in [0.5, 0.6) is 0 Å². The number of hydrogen-bond donors (Lipinski definition) is 0. The average Bonchev–Trinajstić information content (AvgIpc) is 4.18. The molecule has 362 valence electrons. The molecule has 77 heavy (non-hydrogen) atoms. The second kappa shape index (κ2) is 18.2. The third-order valence-electron chi connectivity index (χ3n) is 15.1. The Kier molecular flexibility index (Phi) is 10.5. The maximum Gasteiger partial charge on any atom is 0.145 e. The van der Waals surface area contributed by atoms with Gasteiger partial charge in [0.2, 0.25) is 0 Å². The molecule has 0 aliphatic rings. The molecule has 0 amide bonds. The monoisotopic (exact) mass is 985 g/mol. The lowest BCUT2D eigenvalue weighted by atomic mass is 9.96. The zero-order valence-corrected chi connectivity index (χ0v) is 41.8. The van der Waals surface area contributed by atoms with Crippen molar-refractivity contribution in [1.29, 1.82) is 0 Å². The highest BCUT2D eigenvalue weighted by molar-refractivity contribution is 6.27. The van der Waals surface area contributed by atoms with Crippen molar-refractivity contribution in [3.63, 3.8) is 0 Å². The number of fused-ring (bicyclic) bond motifs is 10. The Morgan fingerprint density at radius 3 is 1.38 bits per heavy atom. The van der Waals surface area contributed by atoms with E-state index in [0.717, 1.165) is 122 Å². The van der Waals surface area contributed by atoms with Crippen molar-refractivity contribution in [3.05, 3.63) is 285 Å². The lowest BCUT2D eigenvalue weighted by Crippen LogP contribution is -2.13. The number of rotatable bonds is 10. The highest BCUT2D eigenvalue weighted by Gasteiger charge is 2.26. The van der Waals surface area contributed by atoms with Gasteiger partial charge in [-0.25, -0.2) is 0 Å². The summed E-state index contributed by atoms with van der Waals surface area (Å²) in [5.74, 6) is 0. The Balaban J connectivity index is 1.03. The minimum atomic E-state index is 0.822. The van der Waals surface area contributed by atoms with Crippen molar-refractivity contribution >= 4 is 99.8 Å². The number of nitrogens with zero attached hydrogens (tertiary/aromatic N) is 3. The van der Waals surface area contributed by atoms with E-state index in [4.69, 9.17) is 8.83 Å². The third-order valence-corrected chi connectivity index (χ3v) is 15.1. The number of furan rings is 2. The SMILES string of the molecule is c1ccc(-c2ccc(N(c3ccc(-c4ccccc4)cc3)c3cc(-c4cc5c6ccccc6n(-c6ccccc6)c5c5c4oc4ccccc45)cc(N(c4ccccc4)c4ccc5c(c4)oc4ccccc45)c3)cc2)cc1. The highest BCUT2D eigenvalue weighted by atomic mass is 16.3. The summed E-state index contributed by atoms with van der Waals surface area (Å²) in [6.45, 7) is 0. The van der Waals surface area contributed by atoms with E-state index in [1.165, 1.54) is 16.5 Å². The van der Waals surface area contributed by atoms with Crippen molar-refractivity contribution in [1.82, 2.24) is 4.57 Å². The topological polar surface area (TPSA) is 37.7 Å². The van der Waals surface area contributed by atoms with Crippen LogP contribution in [0, 0.1) is 0 Å². The maximum atomic E-state index is 7.21. The van der Waals surface area contributed by atoms with E-state index in [1.54, 1.807) is 0 Å². The van der Waals surface area contributed by atoms with Crippen LogP contribution in [0.25, 0.3) is 105 Å². The first-order valence-electron chi connectivity index (χ1n) is 26.1. The molecular formula is C72H47N3O2. The predicted octanol–water partition coefficient (Wildman–Crippen LogP) is 20.5. The minimum Gasteiger partial charge on any atom is -0.456 e. The van der Waals surface area contributed by atoms with Crippen molar-refractivity contribution in [2.75, 3.05) is 9.80 Å². The van der Waals surface area contributed by atoms with Gasteiger partial charge in [-0.3, -0.25) is 0 Å². The van der Waals surface area contributed by atoms with Crippen molar-refractivity contribution in [2.24, 2.45) is 0 Å². The van der Waals surface area contributed by atoms with Crippen LogP contribution in [-0.4, -0.2) is 4.57 Å². The van der Waals surface area contributed by atoms with Crippen LogP contribution >= 0.6 is 0 Å². The fourth-order valence-electron chi connectivity index (χ4n) is 11.6. The van der Waals surface area contributed by atoms with Gasteiger partial charge in [0.25, 0.3) is 0 Å². The Hall–Kier alpha value is -10.4. The van der Waals surface area contributed by atoms with Gasteiger partial charge in [-0.05, 0) is 131 Å². The van der Waals surface area contributed by atoms with Crippen LogP contribution in [-0.2, 0) is 0 Å². The molecular weight excluding hydrogens is 939 g/mol. The first kappa shape index (κ1) is 44.2. The zero-order chi connectivity index (χ0) is 50.8. The number of aromatic nitrogens is 1. The molecule has 0 atom stereocenters. The zero-order valence-electron chi connectivity index (χ0n) is 41.8. The summed E-state index contributed by atoms with van der Waals surface area (Å²) in [7, 11) is 0. The van der Waals surface area contributed by atoms with E-state index in [-0.39, 0.29) is 0 Å². The molecule has 0 fully saturated rings. The molecule has 0 saturated carbocycles. The van der Waals surface area contributed by atoms with Gasteiger partial charge in [-0.15, -0.1) is 0 Å². The third kappa shape index (κ3) is 7.55. The van der Waals surface area contributed by atoms with E-state index >= 15 is 0 Å². The molecule has 0 bridgehead atoms. The molecule has 0 radical (unpaired) electrons. The van der Waals surface area contributed by atoms with Crippen LogP contribution in [0.4, 0.5) is 34.1 Å². The Morgan fingerprint density at radius 2 is 0.740 bits per heavy atom. The molecule has 3 aromatic heterocycles. The molecule has 3 heterocycles. The normalized spacial score (nSPS) is 11.6. The molecule has 0 N–H and O–H groups in total. The first-order valence-corrected chi connectivity index (χ1v) is 26.1. The number of para-hydroxylation sites is 5. The lowest BCUT2D eigenvalue weighted by molar-refractivity contribution is 0.669. The van der Waals surface area contributed by atoms with E-state index in [1.807, 2.05) is 12.1 Å². The molecule has 12 aromatic carbocycles. The number of benzene rings is 12. The van der Waals surface area contributed by atoms with Gasteiger partial charge in [-0.2, -0.15) is 0 Å². The van der Waals surface area contributed by atoms with Crippen LogP contribution in [0.15, 0.2) is 294 Å². The van der Waals surface area contributed by atoms with E-state index in [0.29, 0.717) is 0 Å². The van der Waals surface area contributed by atoms with Crippen molar-refractivity contribution in [3.8, 4) is 39.1 Å². The maximum absolute atomic E-state index is 7.21. The minimum absolute atomic E-state index is 0.822. The summed E-state index contributed by atoms with van der Waals surface area (Å²) < 4.78 is 16.2. The fraction of sp³-hybridized carbons (Fsp3) is 0. The van der Waals surface area contributed by atoms with Gasteiger partial charge >= 0.3 is 0 Å². The highest BCUT2D eigenvalue weighted by Crippen LogP contribution is 2.49. The van der Waals surface area contributed by atoms with Crippen LogP contribution < -0.4 is 9.80 Å². The van der Waals surface area contributed by atoms with Gasteiger partial charge in [0.1, 0.15) is 22.3 Å². The molecule has 0 saturated heterocycles. The molecule has 5 nitrogen and oxygen atoms in total. The second-order valence-corrected chi connectivity index (χ2v) is 19.7. The summed E-state index contributed by atoms with van der Waals surface area (Å²) in [5, 5.41) is 6.61. The molecule has 15 aromatic rings. The van der Waals surface area contributed by atoms with E-state index in [9.17, 15) is 0 Å². The van der Waals surface area contributed by atoms with Gasteiger partial charge in [0, 0.05) is 78.4 Å². The smallest absolute Gasteiger partial charge is 0.145 e. The fourth-order valence-corrected chi connectivity index (χ4v) is 11.6. The van der Waals surface area contributed by atoms with Crippen LogP contribution in [0.1, 0.15) is 0 Å². The summed E-state index contributed by atoms with van der Waals surface area (Å²) in [5.41, 5.74) is 19.2. The molecule has 0 unspecified atom stereocenters. The average molecular weight is 986 g/mol. The van der Waals surface area contributed by atoms with Gasteiger partial charge in [-0.1, -0.05) is 176 Å². The Morgan fingerprint density at radius 1 is 0.273 bits per heavy atom. The number of hydrogen-bond acceptors (Lipinski definition) is 4. The van der Waals surface area contributed by atoms with Gasteiger partial charge in [0.15, 0.2) is 0 Å². The first-order chi connectivity index (χ1) is 38.2. The molecule has 0 spiro atoms. The molecule has 0 aliphatic carbocycles. The van der Waals surface area contributed by atoms with Crippen molar-refractivity contribution < 1.29 is 8.83 Å². The van der Waals surface area contributed by atoms with Crippen molar-refractivity contribution in [2.45, 2.75) is 0 Å². The summed E-state index contributed by atoms with van der Waals surface area (Å²) in [4.78, 5) is 4.74. The van der Waals surface area contributed by atoms with Gasteiger partial charge < -0.3 is 23.2 Å². The summed E-state index contributed by atoms with van der Waals surface area (Å²) >= 11 is 0. The Labute approximate surface area is 445 Å². The molecule has 0 aliphatic heterocycles. The van der Waals surface area contributed by atoms with E-state index in [2.05, 4.69) is 287 Å². The van der Waals surface area contributed by atoms with Gasteiger partial charge in [0.05, 0.1) is 16.4 Å². The van der Waals surface area contributed by atoms with E-state index < -0.39 is 0 Å². The lowest BCUT2D eigenvalue weighted by Gasteiger charge is -2.30. The summed E-state index contributed by atoms with van der Waals surface area (Å²) in [6.07, 6.45) is 0. The summed E-state index contributed by atoms with van der Waals surface area (Å²) in [6, 6.07) is 102. The second-order valence-electron chi connectivity index (χ2n) is 19.7. The number of anilines is 6. The quantitative estimate of drug-likeness (QED) is 0.137. The Bertz CT molecular complexity index is 4570. The van der Waals surface area contributed by atoms with Crippen LogP contribution in [0.3, 0.4) is 0 Å². The largest absolute Gasteiger partial charge is 0.456 e.